The standard InChI is InChI=1S/C6H13BrO/c1-5(2)6(3,4)8-7/h5H,1-4H3. The van der Waals surface area contributed by atoms with Crippen molar-refractivity contribution >= 4 is 16.3 Å². The molecule has 1 nitrogen and oxygen atoms in total. The van der Waals surface area contributed by atoms with E-state index in [1.165, 1.54) is 0 Å². The lowest BCUT2D eigenvalue weighted by Crippen LogP contribution is -2.26. The Morgan fingerprint density at radius 1 is 1.38 bits per heavy atom. The topological polar surface area (TPSA) is 9.23 Å². The van der Waals surface area contributed by atoms with Gasteiger partial charge in [0.2, 0.25) is 0 Å². The highest BCUT2D eigenvalue weighted by atomic mass is 79.9. The van der Waals surface area contributed by atoms with Gasteiger partial charge in [0.15, 0.2) is 0 Å². The summed E-state index contributed by atoms with van der Waals surface area (Å²) < 4.78 is 5.01. The van der Waals surface area contributed by atoms with E-state index in [0.717, 1.165) is 0 Å². The summed E-state index contributed by atoms with van der Waals surface area (Å²) in [6, 6.07) is 0. The Bertz CT molecular complexity index is 68.9. The van der Waals surface area contributed by atoms with Crippen LogP contribution in [0.1, 0.15) is 27.7 Å². The molecule has 0 unspecified atom stereocenters. The zero-order chi connectivity index (χ0) is 6.78. The molecular weight excluding hydrogens is 168 g/mol. The molecule has 0 radical (unpaired) electrons. The molecule has 0 amide bonds. The maximum atomic E-state index is 5.01. The number of hydrogen-bond acceptors (Lipinski definition) is 1. The summed E-state index contributed by atoms with van der Waals surface area (Å²) in [4.78, 5) is 0. The van der Waals surface area contributed by atoms with Gasteiger partial charge in [-0.1, -0.05) is 13.8 Å². The molecule has 0 fully saturated rings. The van der Waals surface area contributed by atoms with Gasteiger partial charge < -0.3 is 3.83 Å². The van der Waals surface area contributed by atoms with Crippen molar-refractivity contribution in [2.45, 2.75) is 33.3 Å². The fraction of sp³-hybridized carbons (Fsp3) is 1.00. The van der Waals surface area contributed by atoms with Gasteiger partial charge in [-0.05, 0) is 19.8 Å². The summed E-state index contributed by atoms with van der Waals surface area (Å²) in [5.74, 6) is 0.543. The molecule has 0 saturated heterocycles. The minimum absolute atomic E-state index is 0.0417. The van der Waals surface area contributed by atoms with E-state index >= 15 is 0 Å². The normalized spacial score (nSPS) is 12.8. The zero-order valence-corrected chi connectivity index (χ0v) is 7.45. The monoisotopic (exact) mass is 180 g/mol. The summed E-state index contributed by atoms with van der Waals surface area (Å²) in [6.07, 6.45) is 0. The average Bonchev–Trinajstić information content (AvgIpc) is 1.67. The zero-order valence-electron chi connectivity index (χ0n) is 5.86. The van der Waals surface area contributed by atoms with Crippen molar-refractivity contribution in [2.24, 2.45) is 5.92 Å². The highest BCUT2D eigenvalue weighted by Crippen LogP contribution is 2.22. The van der Waals surface area contributed by atoms with Crippen molar-refractivity contribution in [1.82, 2.24) is 0 Å². The van der Waals surface area contributed by atoms with E-state index in [1.54, 1.807) is 0 Å². The maximum Gasteiger partial charge on any atom is 0.0993 e. The van der Waals surface area contributed by atoms with Crippen LogP contribution in [0.2, 0.25) is 0 Å². The highest BCUT2D eigenvalue weighted by molar-refractivity contribution is 9.06. The molecule has 0 rings (SSSR count). The average molecular weight is 181 g/mol. The molecule has 0 aliphatic heterocycles. The van der Waals surface area contributed by atoms with Crippen LogP contribution in [0.3, 0.4) is 0 Å². The van der Waals surface area contributed by atoms with Crippen molar-refractivity contribution in [3.8, 4) is 0 Å². The van der Waals surface area contributed by atoms with Crippen LogP contribution in [0, 0.1) is 5.92 Å². The summed E-state index contributed by atoms with van der Waals surface area (Å²) >= 11 is 2.97. The first kappa shape index (κ1) is 8.44. The van der Waals surface area contributed by atoms with Gasteiger partial charge in [0, 0.05) is 0 Å². The van der Waals surface area contributed by atoms with Gasteiger partial charge in [-0.15, -0.1) is 0 Å². The van der Waals surface area contributed by atoms with Gasteiger partial charge in [0.25, 0.3) is 0 Å². The SMILES string of the molecule is CC(C)C(C)(C)OBr. The third kappa shape index (κ3) is 2.14. The molecule has 0 aromatic carbocycles. The second-order valence-electron chi connectivity index (χ2n) is 2.84. The predicted molar refractivity (Wildman–Crippen MR) is 38.9 cm³/mol. The molecule has 0 aromatic heterocycles. The Morgan fingerprint density at radius 3 is 1.75 bits per heavy atom. The second kappa shape index (κ2) is 2.83. The summed E-state index contributed by atoms with van der Waals surface area (Å²) in [7, 11) is 0. The third-order valence-corrected chi connectivity index (χ3v) is 2.42. The molecule has 0 heterocycles. The highest BCUT2D eigenvalue weighted by Gasteiger charge is 2.21. The fourth-order valence-electron chi connectivity index (χ4n) is 0.0891. The molecule has 0 N–H and O–H groups in total. The van der Waals surface area contributed by atoms with Crippen LogP contribution in [0.4, 0.5) is 0 Å². The van der Waals surface area contributed by atoms with Crippen molar-refractivity contribution in [1.29, 1.82) is 0 Å². The summed E-state index contributed by atoms with van der Waals surface area (Å²) in [6.45, 7) is 8.35. The van der Waals surface area contributed by atoms with Crippen LogP contribution >= 0.6 is 16.3 Å². The summed E-state index contributed by atoms with van der Waals surface area (Å²) in [5, 5.41) is 0. The second-order valence-corrected chi connectivity index (χ2v) is 3.16. The van der Waals surface area contributed by atoms with Crippen molar-refractivity contribution in [3.05, 3.63) is 0 Å². The van der Waals surface area contributed by atoms with Crippen LogP contribution in [0.15, 0.2) is 0 Å². The maximum absolute atomic E-state index is 5.01. The van der Waals surface area contributed by atoms with E-state index < -0.39 is 0 Å². The van der Waals surface area contributed by atoms with Gasteiger partial charge in [0.1, 0.15) is 0 Å². The largest absolute Gasteiger partial charge is 0.302 e. The molecule has 8 heavy (non-hydrogen) atoms. The Hall–Kier alpha value is 0.440. The molecule has 0 bridgehead atoms. The summed E-state index contributed by atoms with van der Waals surface area (Å²) in [5.41, 5.74) is -0.0417. The Kier molecular flexibility index (Phi) is 2.99. The van der Waals surface area contributed by atoms with Crippen molar-refractivity contribution in [3.63, 3.8) is 0 Å². The lowest BCUT2D eigenvalue weighted by atomic mass is 9.95. The first-order valence-electron chi connectivity index (χ1n) is 2.80. The van der Waals surface area contributed by atoms with Crippen LogP contribution in [-0.4, -0.2) is 5.60 Å². The quantitative estimate of drug-likeness (QED) is 0.636. The van der Waals surface area contributed by atoms with Gasteiger partial charge in [0.05, 0.1) is 21.9 Å². The van der Waals surface area contributed by atoms with E-state index in [0.29, 0.717) is 5.92 Å². The van der Waals surface area contributed by atoms with Gasteiger partial charge in [-0.2, -0.15) is 0 Å². The lowest BCUT2D eigenvalue weighted by molar-refractivity contribution is 0.0967. The predicted octanol–water partition coefficient (Wildman–Crippen LogP) is 2.75. The molecule has 2 heteroatoms. The van der Waals surface area contributed by atoms with E-state index in [2.05, 4.69) is 30.1 Å². The lowest BCUT2D eigenvalue weighted by Gasteiger charge is -2.24. The van der Waals surface area contributed by atoms with Crippen LogP contribution in [-0.2, 0) is 3.83 Å². The number of halogens is 1. The smallest absolute Gasteiger partial charge is 0.0993 e. The molecule has 0 aliphatic carbocycles. The Morgan fingerprint density at radius 2 is 1.75 bits per heavy atom. The first-order valence-corrected chi connectivity index (χ1v) is 3.45. The van der Waals surface area contributed by atoms with Crippen LogP contribution in [0.5, 0.6) is 0 Å². The van der Waals surface area contributed by atoms with Gasteiger partial charge in [-0.3, -0.25) is 0 Å². The fourth-order valence-corrected chi connectivity index (χ4v) is 0.463. The Labute approximate surface area is 59.9 Å². The van der Waals surface area contributed by atoms with Crippen molar-refractivity contribution in [2.75, 3.05) is 0 Å². The van der Waals surface area contributed by atoms with Crippen molar-refractivity contribution < 1.29 is 3.83 Å². The minimum Gasteiger partial charge on any atom is -0.302 e. The van der Waals surface area contributed by atoms with E-state index in [9.17, 15) is 0 Å². The molecule has 0 saturated carbocycles. The number of rotatable bonds is 2. The molecule has 0 aliphatic rings. The molecule has 0 spiro atoms. The minimum atomic E-state index is -0.0417. The van der Waals surface area contributed by atoms with E-state index in [4.69, 9.17) is 3.83 Å². The molecule has 50 valence electrons. The van der Waals surface area contributed by atoms with E-state index in [-0.39, 0.29) is 5.60 Å². The van der Waals surface area contributed by atoms with Gasteiger partial charge in [-0.25, -0.2) is 0 Å². The Balaban J connectivity index is 3.71. The van der Waals surface area contributed by atoms with Crippen LogP contribution < -0.4 is 0 Å². The van der Waals surface area contributed by atoms with Crippen LogP contribution in [0.25, 0.3) is 0 Å². The van der Waals surface area contributed by atoms with E-state index in [1.807, 2.05) is 13.8 Å². The van der Waals surface area contributed by atoms with Gasteiger partial charge >= 0.3 is 0 Å². The third-order valence-electron chi connectivity index (χ3n) is 1.59. The molecular formula is C6H13BrO. The molecule has 0 aromatic rings. The molecule has 0 atom stereocenters. The number of hydrogen-bond donors (Lipinski definition) is 0. The first-order chi connectivity index (χ1) is 3.50.